The van der Waals surface area contributed by atoms with E-state index in [1.54, 1.807) is 0 Å². The van der Waals surface area contributed by atoms with E-state index in [0.717, 1.165) is 31.4 Å². The minimum atomic E-state index is 0.576. The summed E-state index contributed by atoms with van der Waals surface area (Å²) in [6.07, 6.45) is 5.76. The Bertz CT molecular complexity index is 286. The van der Waals surface area contributed by atoms with Crippen LogP contribution in [0.3, 0.4) is 0 Å². The Morgan fingerprint density at radius 1 is 1.33 bits per heavy atom. The van der Waals surface area contributed by atoms with Gasteiger partial charge in [0.1, 0.15) is 0 Å². The number of nitrogens with one attached hydrogen (secondary N) is 2. The van der Waals surface area contributed by atoms with Crippen LogP contribution in [0.5, 0.6) is 0 Å². The Kier molecular flexibility index (Phi) is 9.92. The van der Waals surface area contributed by atoms with Crippen LogP contribution in [0.4, 0.5) is 0 Å². The van der Waals surface area contributed by atoms with Gasteiger partial charge in [-0.2, -0.15) is 11.8 Å². The molecule has 1 saturated heterocycles. The first kappa shape index (κ1) is 18.6. The van der Waals surface area contributed by atoms with Gasteiger partial charge in [0.05, 0.1) is 0 Å². The highest BCUT2D eigenvalue weighted by molar-refractivity contribution is 7.98. The Labute approximate surface area is 135 Å². The molecule has 5 heteroatoms. The summed E-state index contributed by atoms with van der Waals surface area (Å²) in [5.74, 6) is 2.96. The van der Waals surface area contributed by atoms with E-state index in [0.29, 0.717) is 6.04 Å². The number of hydrogen-bond donors (Lipinski definition) is 2. The first-order valence-corrected chi connectivity index (χ1v) is 9.81. The van der Waals surface area contributed by atoms with E-state index < -0.39 is 0 Å². The molecule has 0 aliphatic carbocycles. The van der Waals surface area contributed by atoms with Crippen LogP contribution < -0.4 is 10.6 Å². The molecule has 0 unspecified atom stereocenters. The van der Waals surface area contributed by atoms with Crippen molar-refractivity contribution in [3.8, 4) is 0 Å². The quantitative estimate of drug-likeness (QED) is 0.410. The van der Waals surface area contributed by atoms with E-state index in [1.165, 1.54) is 38.2 Å². The van der Waals surface area contributed by atoms with Crippen molar-refractivity contribution in [2.75, 3.05) is 44.7 Å². The average molecular weight is 315 g/mol. The molecule has 4 nitrogen and oxygen atoms in total. The third kappa shape index (κ3) is 8.57. The fourth-order valence-electron chi connectivity index (χ4n) is 2.69. The number of nitrogens with zero attached hydrogens (tertiary/aromatic N) is 2. The highest BCUT2D eigenvalue weighted by Crippen LogP contribution is 2.12. The lowest BCUT2D eigenvalue weighted by molar-refractivity contribution is 0.187. The van der Waals surface area contributed by atoms with Gasteiger partial charge in [-0.15, -0.1) is 0 Å². The van der Waals surface area contributed by atoms with Crippen LogP contribution in [0.15, 0.2) is 4.99 Å². The number of aliphatic imine (C=N–C) groups is 1. The predicted octanol–water partition coefficient (Wildman–Crippen LogP) is 2.42. The molecule has 0 bridgehead atoms. The average Bonchev–Trinajstić information content (AvgIpc) is 2.45. The molecule has 21 heavy (non-hydrogen) atoms. The molecule has 0 spiro atoms. The van der Waals surface area contributed by atoms with Crippen molar-refractivity contribution in [3.05, 3.63) is 0 Å². The molecule has 0 amide bonds. The molecule has 0 radical (unpaired) electrons. The smallest absolute Gasteiger partial charge is 0.191 e. The molecule has 0 saturated carbocycles. The molecular weight excluding hydrogens is 280 g/mol. The summed E-state index contributed by atoms with van der Waals surface area (Å²) in [5.41, 5.74) is 0. The van der Waals surface area contributed by atoms with Gasteiger partial charge in [-0.3, -0.25) is 4.99 Å². The van der Waals surface area contributed by atoms with Crippen LogP contribution in [0.2, 0.25) is 0 Å². The minimum absolute atomic E-state index is 0.576. The van der Waals surface area contributed by atoms with E-state index >= 15 is 0 Å². The first-order valence-electron chi connectivity index (χ1n) is 8.41. The van der Waals surface area contributed by atoms with Gasteiger partial charge in [-0.05, 0) is 44.1 Å². The largest absolute Gasteiger partial charge is 0.357 e. The van der Waals surface area contributed by atoms with Crippen molar-refractivity contribution >= 4 is 17.7 Å². The lowest BCUT2D eigenvalue weighted by atomic mass is 10.0. The van der Waals surface area contributed by atoms with Gasteiger partial charge in [0.25, 0.3) is 0 Å². The van der Waals surface area contributed by atoms with Gasteiger partial charge in [-0.1, -0.05) is 13.8 Å². The molecule has 1 fully saturated rings. The molecule has 0 aromatic carbocycles. The summed E-state index contributed by atoms with van der Waals surface area (Å²) in [4.78, 5) is 7.27. The third-order valence-electron chi connectivity index (χ3n) is 3.67. The van der Waals surface area contributed by atoms with Gasteiger partial charge in [-0.25, -0.2) is 0 Å². The van der Waals surface area contributed by atoms with Gasteiger partial charge < -0.3 is 15.5 Å². The number of hydrogen-bond acceptors (Lipinski definition) is 3. The highest BCUT2D eigenvalue weighted by atomic mass is 32.2. The summed E-state index contributed by atoms with van der Waals surface area (Å²) in [5, 5.41) is 6.98. The third-order valence-corrected chi connectivity index (χ3v) is 4.37. The van der Waals surface area contributed by atoms with E-state index in [2.05, 4.69) is 47.6 Å². The fraction of sp³-hybridized carbons (Fsp3) is 0.938. The second-order valence-corrected chi connectivity index (χ2v) is 7.21. The number of thioether (sulfide) groups is 1. The summed E-state index contributed by atoms with van der Waals surface area (Å²) in [6, 6.07) is 0.576. The number of rotatable bonds is 8. The zero-order chi connectivity index (χ0) is 15.5. The topological polar surface area (TPSA) is 39.7 Å². The van der Waals surface area contributed by atoms with Gasteiger partial charge in [0.15, 0.2) is 5.96 Å². The highest BCUT2D eigenvalue weighted by Gasteiger charge is 2.20. The monoisotopic (exact) mass is 314 g/mol. The van der Waals surface area contributed by atoms with Crippen LogP contribution in [0.1, 0.15) is 40.0 Å². The predicted molar refractivity (Wildman–Crippen MR) is 96.4 cm³/mol. The van der Waals surface area contributed by atoms with E-state index in [4.69, 9.17) is 0 Å². The second kappa shape index (κ2) is 11.2. The molecule has 0 atom stereocenters. The molecular formula is C16H34N4S. The molecule has 124 valence electrons. The van der Waals surface area contributed by atoms with Crippen LogP contribution in [-0.2, 0) is 0 Å². The van der Waals surface area contributed by atoms with Crippen molar-refractivity contribution in [1.29, 1.82) is 0 Å². The van der Waals surface area contributed by atoms with Gasteiger partial charge in [0, 0.05) is 38.8 Å². The van der Waals surface area contributed by atoms with E-state index in [-0.39, 0.29) is 0 Å². The Morgan fingerprint density at radius 2 is 2.05 bits per heavy atom. The maximum atomic E-state index is 4.68. The SMILES string of the molecule is CCNC(=NCCCSC)NC1CCN(CC(C)C)CC1. The van der Waals surface area contributed by atoms with Crippen molar-refractivity contribution in [2.24, 2.45) is 10.9 Å². The van der Waals surface area contributed by atoms with Crippen molar-refractivity contribution < 1.29 is 0 Å². The fourth-order valence-corrected chi connectivity index (χ4v) is 3.11. The van der Waals surface area contributed by atoms with Crippen molar-refractivity contribution in [1.82, 2.24) is 15.5 Å². The Balaban J connectivity index is 2.32. The number of guanidine groups is 1. The van der Waals surface area contributed by atoms with Crippen LogP contribution in [0.25, 0.3) is 0 Å². The van der Waals surface area contributed by atoms with Crippen molar-refractivity contribution in [3.63, 3.8) is 0 Å². The number of piperidine rings is 1. The van der Waals surface area contributed by atoms with Gasteiger partial charge in [0.2, 0.25) is 0 Å². The van der Waals surface area contributed by atoms with Gasteiger partial charge >= 0.3 is 0 Å². The maximum absolute atomic E-state index is 4.68. The zero-order valence-electron chi connectivity index (χ0n) is 14.3. The Hall–Kier alpha value is -0.420. The van der Waals surface area contributed by atoms with E-state index in [1.807, 2.05) is 11.8 Å². The number of likely N-dealkylation sites (tertiary alicyclic amines) is 1. The molecule has 2 N–H and O–H groups in total. The second-order valence-electron chi connectivity index (χ2n) is 6.22. The van der Waals surface area contributed by atoms with Crippen LogP contribution >= 0.6 is 11.8 Å². The lowest BCUT2D eigenvalue weighted by Crippen LogP contribution is -2.49. The normalized spacial score (nSPS) is 18.2. The first-order chi connectivity index (χ1) is 10.2. The summed E-state index contributed by atoms with van der Waals surface area (Å²) >= 11 is 1.89. The van der Waals surface area contributed by atoms with Crippen LogP contribution in [-0.4, -0.2) is 61.6 Å². The summed E-state index contributed by atoms with van der Waals surface area (Å²) in [7, 11) is 0. The molecule has 0 aromatic heterocycles. The lowest BCUT2D eigenvalue weighted by Gasteiger charge is -2.34. The van der Waals surface area contributed by atoms with E-state index in [9.17, 15) is 0 Å². The molecule has 0 aromatic rings. The van der Waals surface area contributed by atoms with Crippen LogP contribution in [0, 0.1) is 5.92 Å². The Morgan fingerprint density at radius 3 is 2.62 bits per heavy atom. The zero-order valence-corrected chi connectivity index (χ0v) is 15.1. The van der Waals surface area contributed by atoms with Crippen molar-refractivity contribution in [2.45, 2.75) is 46.1 Å². The minimum Gasteiger partial charge on any atom is -0.357 e. The molecule has 1 heterocycles. The molecule has 1 aliphatic heterocycles. The molecule has 1 aliphatic rings. The standard InChI is InChI=1S/C16H34N4S/c1-5-17-16(18-9-6-12-21-4)19-15-7-10-20(11-8-15)13-14(2)3/h14-15H,5-13H2,1-4H3,(H2,17,18,19). The summed E-state index contributed by atoms with van der Waals surface area (Å²) < 4.78 is 0. The maximum Gasteiger partial charge on any atom is 0.191 e. The summed E-state index contributed by atoms with van der Waals surface area (Å²) in [6.45, 7) is 12.2. The molecule has 1 rings (SSSR count).